The van der Waals surface area contributed by atoms with E-state index in [-0.39, 0.29) is 24.0 Å². The van der Waals surface area contributed by atoms with Crippen LogP contribution in [0.25, 0.3) is 0 Å². The van der Waals surface area contributed by atoms with Crippen LogP contribution in [0, 0.1) is 0 Å². The number of guanidine groups is 1. The Morgan fingerprint density at radius 3 is 2.21 bits per heavy atom. The quantitative estimate of drug-likeness (QED) is 0.295. The van der Waals surface area contributed by atoms with Gasteiger partial charge in [0.05, 0.1) is 14.2 Å². The summed E-state index contributed by atoms with van der Waals surface area (Å²) in [4.78, 5) is 15.3. The molecule has 0 atom stereocenters. The van der Waals surface area contributed by atoms with E-state index in [0.29, 0.717) is 23.8 Å². The Labute approximate surface area is 182 Å². The second-order valence-corrected chi connectivity index (χ2v) is 5.85. The number of nitrogens with one attached hydrogen (secondary N) is 2. The highest BCUT2D eigenvalue weighted by Gasteiger charge is 2.05. The van der Waals surface area contributed by atoms with Crippen LogP contribution in [0.1, 0.15) is 21.5 Å². The van der Waals surface area contributed by atoms with Gasteiger partial charge in [0.2, 0.25) is 5.91 Å². The van der Waals surface area contributed by atoms with Gasteiger partial charge in [-0.15, -0.1) is 24.0 Å². The highest BCUT2D eigenvalue weighted by atomic mass is 127. The third-order valence-corrected chi connectivity index (χ3v) is 4.08. The lowest BCUT2D eigenvalue weighted by Crippen LogP contribution is -2.37. The van der Waals surface area contributed by atoms with Crippen LogP contribution < -0.4 is 25.8 Å². The molecule has 2 rings (SSSR count). The van der Waals surface area contributed by atoms with Gasteiger partial charge in [0.25, 0.3) is 0 Å². The Bertz CT molecular complexity index is 795. The van der Waals surface area contributed by atoms with Gasteiger partial charge in [-0.2, -0.15) is 0 Å². The van der Waals surface area contributed by atoms with Crippen molar-refractivity contribution in [1.82, 2.24) is 10.6 Å². The molecule has 0 aliphatic heterocycles. The zero-order valence-corrected chi connectivity index (χ0v) is 18.7. The first-order valence-corrected chi connectivity index (χ1v) is 8.61. The van der Waals surface area contributed by atoms with Crippen LogP contribution in [0.4, 0.5) is 0 Å². The normalized spacial score (nSPS) is 10.6. The summed E-state index contributed by atoms with van der Waals surface area (Å²) in [6.45, 7) is 1.31. The zero-order chi connectivity index (χ0) is 19.6. The number of nitrogens with two attached hydrogens (primary N) is 1. The number of hydrogen-bond donors (Lipinski definition) is 3. The number of carbonyl (C=O) groups is 1. The smallest absolute Gasteiger partial charge is 0.248 e. The van der Waals surface area contributed by atoms with Crippen LogP contribution in [-0.4, -0.2) is 39.7 Å². The average molecular weight is 498 g/mol. The van der Waals surface area contributed by atoms with Crippen molar-refractivity contribution in [2.24, 2.45) is 10.7 Å². The summed E-state index contributed by atoms with van der Waals surface area (Å²) in [6.07, 6.45) is 0.814. The Morgan fingerprint density at radius 2 is 1.64 bits per heavy atom. The molecule has 0 unspecified atom stereocenters. The Morgan fingerprint density at radius 1 is 1.00 bits per heavy atom. The molecule has 0 spiro atoms. The van der Waals surface area contributed by atoms with Gasteiger partial charge in [0.15, 0.2) is 17.5 Å². The number of rotatable bonds is 8. The second-order valence-electron chi connectivity index (χ2n) is 5.85. The fourth-order valence-electron chi connectivity index (χ4n) is 2.55. The van der Waals surface area contributed by atoms with E-state index in [0.717, 1.165) is 29.8 Å². The summed E-state index contributed by atoms with van der Waals surface area (Å²) in [5.74, 6) is 1.71. The predicted octanol–water partition coefficient (Wildman–Crippen LogP) is 2.33. The molecular weight excluding hydrogens is 471 g/mol. The number of aliphatic imine (C=N–C) groups is 1. The SMILES string of the molecule is CN=C(NCCc1ccc(OC)c(OC)c1)NCc1ccc(C(N)=O)cc1.I. The van der Waals surface area contributed by atoms with Crippen LogP contribution in [0.5, 0.6) is 11.5 Å². The maximum atomic E-state index is 11.1. The number of halogens is 1. The molecule has 0 aliphatic rings. The van der Waals surface area contributed by atoms with Crippen molar-refractivity contribution in [2.45, 2.75) is 13.0 Å². The lowest BCUT2D eigenvalue weighted by Gasteiger charge is -2.13. The van der Waals surface area contributed by atoms with Gasteiger partial charge < -0.3 is 25.8 Å². The molecule has 28 heavy (non-hydrogen) atoms. The molecule has 8 heteroatoms. The van der Waals surface area contributed by atoms with Crippen LogP contribution in [0.15, 0.2) is 47.5 Å². The molecule has 0 aromatic heterocycles. The van der Waals surface area contributed by atoms with E-state index in [1.54, 1.807) is 33.4 Å². The molecule has 2 aromatic carbocycles. The van der Waals surface area contributed by atoms with Gasteiger partial charge in [-0.1, -0.05) is 18.2 Å². The third-order valence-electron chi connectivity index (χ3n) is 4.08. The Balaban J connectivity index is 0.00000392. The van der Waals surface area contributed by atoms with Gasteiger partial charge in [-0.05, 0) is 41.8 Å². The van der Waals surface area contributed by atoms with Gasteiger partial charge in [-0.3, -0.25) is 9.79 Å². The summed E-state index contributed by atoms with van der Waals surface area (Å²) in [5.41, 5.74) is 7.91. The number of carbonyl (C=O) groups excluding carboxylic acids is 1. The standard InChI is InChI=1S/C20H26N4O3.HI/c1-22-20(24-13-15-4-7-16(8-5-15)19(21)25)23-11-10-14-6-9-17(26-2)18(12-14)27-3;/h4-9,12H,10-11,13H2,1-3H3,(H2,21,25)(H2,22,23,24);1H. The van der Waals surface area contributed by atoms with Gasteiger partial charge in [0, 0.05) is 25.7 Å². The molecule has 0 aliphatic carbocycles. The molecule has 0 fully saturated rings. The average Bonchev–Trinajstić information content (AvgIpc) is 2.70. The van der Waals surface area contributed by atoms with E-state index in [4.69, 9.17) is 15.2 Å². The van der Waals surface area contributed by atoms with E-state index in [9.17, 15) is 4.79 Å². The van der Waals surface area contributed by atoms with Crippen molar-refractivity contribution >= 4 is 35.8 Å². The summed E-state index contributed by atoms with van der Waals surface area (Å²) >= 11 is 0. The minimum atomic E-state index is -0.429. The highest BCUT2D eigenvalue weighted by molar-refractivity contribution is 14.0. The summed E-state index contributed by atoms with van der Waals surface area (Å²) in [6, 6.07) is 13.0. The molecule has 0 saturated carbocycles. The van der Waals surface area contributed by atoms with Crippen LogP contribution in [0.3, 0.4) is 0 Å². The summed E-state index contributed by atoms with van der Waals surface area (Å²) < 4.78 is 10.6. The topological polar surface area (TPSA) is 98.0 Å². The molecule has 1 amide bonds. The number of ether oxygens (including phenoxy) is 2. The third kappa shape index (κ3) is 6.91. The van der Waals surface area contributed by atoms with E-state index in [2.05, 4.69) is 15.6 Å². The summed E-state index contributed by atoms with van der Waals surface area (Å²) in [7, 11) is 4.97. The van der Waals surface area contributed by atoms with Crippen LogP contribution in [-0.2, 0) is 13.0 Å². The first-order valence-electron chi connectivity index (χ1n) is 8.61. The van der Waals surface area contributed by atoms with Crippen molar-refractivity contribution in [3.05, 3.63) is 59.2 Å². The summed E-state index contributed by atoms with van der Waals surface area (Å²) in [5, 5.41) is 6.52. The molecular formula is C20H27IN4O3. The number of primary amides is 1. The van der Waals surface area contributed by atoms with Crippen molar-refractivity contribution in [1.29, 1.82) is 0 Å². The van der Waals surface area contributed by atoms with E-state index in [1.807, 2.05) is 30.3 Å². The minimum absolute atomic E-state index is 0. The highest BCUT2D eigenvalue weighted by Crippen LogP contribution is 2.27. The predicted molar refractivity (Wildman–Crippen MR) is 122 cm³/mol. The van der Waals surface area contributed by atoms with E-state index < -0.39 is 5.91 Å². The second kappa shape index (κ2) is 12.1. The van der Waals surface area contributed by atoms with E-state index in [1.165, 1.54) is 0 Å². The molecule has 0 heterocycles. The fraction of sp³-hybridized carbons (Fsp3) is 0.300. The molecule has 0 saturated heterocycles. The molecule has 0 radical (unpaired) electrons. The number of nitrogens with zero attached hydrogens (tertiary/aromatic N) is 1. The monoisotopic (exact) mass is 498 g/mol. The van der Waals surface area contributed by atoms with Crippen molar-refractivity contribution < 1.29 is 14.3 Å². The number of methoxy groups -OCH3 is 2. The Hall–Kier alpha value is -2.49. The maximum absolute atomic E-state index is 11.1. The van der Waals surface area contributed by atoms with Gasteiger partial charge in [0.1, 0.15) is 0 Å². The van der Waals surface area contributed by atoms with Gasteiger partial charge >= 0.3 is 0 Å². The first kappa shape index (κ1) is 23.5. The number of amides is 1. The van der Waals surface area contributed by atoms with Crippen molar-refractivity contribution in [3.63, 3.8) is 0 Å². The van der Waals surface area contributed by atoms with Gasteiger partial charge in [-0.25, -0.2) is 0 Å². The minimum Gasteiger partial charge on any atom is -0.493 e. The van der Waals surface area contributed by atoms with Crippen LogP contribution in [0.2, 0.25) is 0 Å². The largest absolute Gasteiger partial charge is 0.493 e. The molecule has 0 bridgehead atoms. The molecule has 7 nitrogen and oxygen atoms in total. The van der Waals surface area contributed by atoms with E-state index >= 15 is 0 Å². The Kier molecular flexibility index (Phi) is 10.1. The molecule has 152 valence electrons. The fourth-order valence-corrected chi connectivity index (χ4v) is 2.55. The molecule has 4 N–H and O–H groups in total. The first-order chi connectivity index (χ1) is 13.1. The number of benzene rings is 2. The van der Waals surface area contributed by atoms with Crippen LogP contribution >= 0.6 is 24.0 Å². The number of hydrogen-bond acceptors (Lipinski definition) is 4. The van der Waals surface area contributed by atoms with Crippen molar-refractivity contribution in [3.8, 4) is 11.5 Å². The zero-order valence-electron chi connectivity index (χ0n) is 16.3. The maximum Gasteiger partial charge on any atom is 0.248 e. The molecule has 2 aromatic rings. The van der Waals surface area contributed by atoms with Crippen molar-refractivity contribution in [2.75, 3.05) is 27.8 Å². The lowest BCUT2D eigenvalue weighted by atomic mass is 10.1. The lowest BCUT2D eigenvalue weighted by molar-refractivity contribution is 0.100.